The molecule has 1 aromatic heterocycles. The highest BCUT2D eigenvalue weighted by Gasteiger charge is 2.37. The lowest BCUT2D eigenvalue weighted by molar-refractivity contribution is -0.120. The number of anilines is 1. The number of rotatable bonds is 6. The summed E-state index contributed by atoms with van der Waals surface area (Å²) in [5.74, 6) is -0.563. The number of carbonyl (C=O) groups is 1. The largest absolute Gasteiger partial charge is 0.383 e. The maximum absolute atomic E-state index is 13.3. The number of aromatic nitrogens is 1. The Hall–Kier alpha value is -2.36. The van der Waals surface area contributed by atoms with E-state index in [1.54, 1.807) is 48.4 Å². The second-order valence-electron chi connectivity index (χ2n) is 7.41. The van der Waals surface area contributed by atoms with Gasteiger partial charge in [0.05, 0.1) is 16.6 Å². The van der Waals surface area contributed by atoms with Gasteiger partial charge in [-0.25, -0.2) is 8.42 Å². The van der Waals surface area contributed by atoms with Crippen molar-refractivity contribution in [3.05, 3.63) is 46.9 Å². The van der Waals surface area contributed by atoms with Crippen molar-refractivity contribution in [2.75, 3.05) is 32.5 Å². The van der Waals surface area contributed by atoms with Gasteiger partial charge in [-0.15, -0.1) is 0 Å². The normalized spacial score (nSPS) is 17.9. The van der Waals surface area contributed by atoms with Crippen LogP contribution in [-0.2, 0) is 14.8 Å². The number of hydrogen-bond acceptors (Lipinski definition) is 6. The minimum absolute atomic E-state index is 0.0350. The highest BCUT2D eigenvalue weighted by atomic mass is 35.5. The summed E-state index contributed by atoms with van der Waals surface area (Å²) >= 11 is 6.11. The SMILES string of the molecule is Cc1noc(/C=C/N(C)C)c1S(=O)(=O)N1CCC[C@@H](C(=O)Nc2ccccc2Cl)C1. The van der Waals surface area contributed by atoms with Gasteiger partial charge in [0.15, 0.2) is 10.7 Å². The average molecular weight is 453 g/mol. The van der Waals surface area contributed by atoms with Crippen LogP contribution in [-0.4, -0.2) is 55.9 Å². The van der Waals surface area contributed by atoms with E-state index in [9.17, 15) is 13.2 Å². The number of halogens is 1. The van der Waals surface area contributed by atoms with Gasteiger partial charge in [-0.05, 0) is 31.9 Å². The molecule has 30 heavy (non-hydrogen) atoms. The quantitative estimate of drug-likeness (QED) is 0.723. The summed E-state index contributed by atoms with van der Waals surface area (Å²) in [4.78, 5) is 14.6. The van der Waals surface area contributed by atoms with Crippen molar-refractivity contribution in [3.63, 3.8) is 0 Å². The molecule has 1 aliphatic heterocycles. The smallest absolute Gasteiger partial charge is 0.248 e. The molecule has 1 N–H and O–H groups in total. The third-order valence-electron chi connectivity index (χ3n) is 4.84. The molecule has 3 rings (SSSR count). The highest BCUT2D eigenvalue weighted by molar-refractivity contribution is 7.89. The van der Waals surface area contributed by atoms with Crippen LogP contribution in [0, 0.1) is 12.8 Å². The van der Waals surface area contributed by atoms with Crippen LogP contribution >= 0.6 is 11.6 Å². The van der Waals surface area contributed by atoms with E-state index < -0.39 is 15.9 Å². The molecule has 0 saturated carbocycles. The van der Waals surface area contributed by atoms with Gasteiger partial charge >= 0.3 is 0 Å². The Morgan fingerprint density at radius 1 is 1.37 bits per heavy atom. The van der Waals surface area contributed by atoms with Gasteiger partial charge in [-0.2, -0.15) is 4.31 Å². The van der Waals surface area contributed by atoms with Gasteiger partial charge in [-0.3, -0.25) is 4.79 Å². The third-order valence-corrected chi connectivity index (χ3v) is 7.20. The number of carbonyl (C=O) groups excluding carboxylic acids is 1. The Bertz CT molecular complexity index is 1050. The van der Waals surface area contributed by atoms with Gasteiger partial charge in [0.1, 0.15) is 5.69 Å². The van der Waals surface area contributed by atoms with Gasteiger partial charge in [0.2, 0.25) is 15.9 Å². The van der Waals surface area contributed by atoms with E-state index >= 15 is 0 Å². The van der Waals surface area contributed by atoms with Crippen molar-refractivity contribution in [1.82, 2.24) is 14.4 Å². The molecule has 1 amide bonds. The molecule has 8 nitrogen and oxygen atoms in total. The van der Waals surface area contributed by atoms with Crippen LogP contribution in [0.1, 0.15) is 24.3 Å². The Labute approximate surface area is 181 Å². The fourth-order valence-electron chi connectivity index (χ4n) is 3.32. The lowest BCUT2D eigenvalue weighted by Gasteiger charge is -2.31. The summed E-state index contributed by atoms with van der Waals surface area (Å²) in [6.07, 6.45) is 4.43. The van der Waals surface area contributed by atoms with Crippen LogP contribution in [0.3, 0.4) is 0 Å². The van der Waals surface area contributed by atoms with Crippen molar-refractivity contribution in [2.24, 2.45) is 5.92 Å². The molecule has 2 heterocycles. The molecule has 2 aromatic rings. The van der Waals surface area contributed by atoms with E-state index in [1.807, 2.05) is 14.1 Å². The lowest BCUT2D eigenvalue weighted by atomic mass is 9.99. The fourth-order valence-corrected chi connectivity index (χ4v) is 5.27. The molecule has 0 aliphatic carbocycles. The lowest BCUT2D eigenvalue weighted by Crippen LogP contribution is -2.43. The molecule has 1 fully saturated rings. The first-order valence-corrected chi connectivity index (χ1v) is 11.4. The van der Waals surface area contributed by atoms with Crippen LogP contribution in [0.15, 0.2) is 39.9 Å². The van der Waals surface area contributed by atoms with Gasteiger partial charge in [0, 0.05) is 39.5 Å². The Kier molecular flexibility index (Phi) is 6.84. The molecule has 0 radical (unpaired) electrons. The number of nitrogens with one attached hydrogen (secondary N) is 1. The molecular formula is C20H25ClN4O4S. The standard InChI is InChI=1S/C20H25ClN4O4S/c1-14-19(18(29-23-14)10-12-24(2)3)30(27,28)25-11-6-7-15(13-25)20(26)22-17-9-5-4-8-16(17)21/h4-5,8-10,12,15H,6-7,11,13H2,1-3H3,(H,22,26)/b12-10+/t15-/m1/s1. The zero-order valence-corrected chi connectivity index (χ0v) is 18.7. The first-order valence-electron chi connectivity index (χ1n) is 9.56. The van der Waals surface area contributed by atoms with E-state index in [-0.39, 0.29) is 28.8 Å². The fraction of sp³-hybridized carbons (Fsp3) is 0.400. The highest BCUT2D eigenvalue weighted by Crippen LogP contribution is 2.30. The zero-order chi connectivity index (χ0) is 21.9. The number of piperidine rings is 1. The summed E-state index contributed by atoms with van der Waals surface area (Å²) < 4.78 is 33.2. The molecule has 10 heteroatoms. The van der Waals surface area contributed by atoms with Crippen LogP contribution in [0.4, 0.5) is 5.69 Å². The first kappa shape index (κ1) is 22.3. The molecule has 1 aromatic carbocycles. The van der Waals surface area contributed by atoms with Crippen molar-refractivity contribution < 1.29 is 17.7 Å². The molecule has 0 bridgehead atoms. The first-order chi connectivity index (χ1) is 14.2. The molecule has 0 unspecified atom stereocenters. The van der Waals surface area contributed by atoms with Crippen LogP contribution in [0.5, 0.6) is 0 Å². The minimum Gasteiger partial charge on any atom is -0.383 e. The molecule has 1 atom stereocenters. The maximum Gasteiger partial charge on any atom is 0.248 e. The van der Waals surface area contributed by atoms with Gasteiger partial charge in [-0.1, -0.05) is 28.9 Å². The zero-order valence-electron chi connectivity index (χ0n) is 17.1. The van der Waals surface area contributed by atoms with Crippen LogP contribution < -0.4 is 5.32 Å². The maximum atomic E-state index is 13.3. The summed E-state index contributed by atoms with van der Waals surface area (Å²) in [6, 6.07) is 6.95. The van der Waals surface area contributed by atoms with E-state index in [1.165, 1.54) is 4.31 Å². The number of hydrogen-bond donors (Lipinski definition) is 1. The Morgan fingerprint density at radius 3 is 2.80 bits per heavy atom. The summed E-state index contributed by atoms with van der Waals surface area (Å²) in [7, 11) is -0.234. The van der Waals surface area contributed by atoms with E-state index in [2.05, 4.69) is 10.5 Å². The van der Waals surface area contributed by atoms with Gasteiger partial charge in [0.25, 0.3) is 0 Å². The second-order valence-corrected chi connectivity index (χ2v) is 9.69. The van der Waals surface area contributed by atoms with Crippen LogP contribution in [0.2, 0.25) is 5.02 Å². The number of para-hydroxylation sites is 1. The molecule has 1 saturated heterocycles. The monoisotopic (exact) mass is 452 g/mol. The summed E-state index contributed by atoms with van der Waals surface area (Å²) in [5.41, 5.74) is 0.797. The van der Waals surface area contributed by atoms with E-state index in [0.29, 0.717) is 30.1 Å². The Morgan fingerprint density at radius 2 is 2.10 bits per heavy atom. The number of amides is 1. The number of benzene rings is 1. The number of sulfonamides is 1. The number of nitrogens with zero attached hydrogens (tertiary/aromatic N) is 3. The molecule has 162 valence electrons. The molecular weight excluding hydrogens is 428 g/mol. The minimum atomic E-state index is -3.87. The predicted octanol–water partition coefficient (Wildman–Crippen LogP) is 3.21. The predicted molar refractivity (Wildman–Crippen MR) is 116 cm³/mol. The van der Waals surface area contributed by atoms with Crippen molar-refractivity contribution in [1.29, 1.82) is 0 Å². The second kappa shape index (κ2) is 9.20. The van der Waals surface area contributed by atoms with Gasteiger partial charge < -0.3 is 14.7 Å². The topological polar surface area (TPSA) is 95.8 Å². The average Bonchev–Trinajstić information content (AvgIpc) is 3.09. The van der Waals surface area contributed by atoms with Crippen molar-refractivity contribution >= 4 is 39.3 Å². The molecule has 1 aliphatic rings. The van der Waals surface area contributed by atoms with E-state index in [0.717, 1.165) is 0 Å². The summed E-state index contributed by atoms with van der Waals surface area (Å²) in [6.45, 7) is 2.01. The number of aryl methyl sites for hydroxylation is 1. The Balaban J connectivity index is 1.80. The molecule has 0 spiro atoms. The van der Waals surface area contributed by atoms with Crippen molar-refractivity contribution in [2.45, 2.75) is 24.7 Å². The van der Waals surface area contributed by atoms with E-state index in [4.69, 9.17) is 16.1 Å². The van der Waals surface area contributed by atoms with Crippen LogP contribution in [0.25, 0.3) is 6.08 Å². The summed E-state index contributed by atoms with van der Waals surface area (Å²) in [5, 5.41) is 7.07. The van der Waals surface area contributed by atoms with Crippen molar-refractivity contribution in [3.8, 4) is 0 Å². The third kappa shape index (κ3) is 4.85.